The number of hydrogen-bond acceptors (Lipinski definition) is 3. The number of guanidine groups is 1. The lowest BCUT2D eigenvalue weighted by Crippen LogP contribution is -2.23. The summed E-state index contributed by atoms with van der Waals surface area (Å²) in [5, 5.41) is 3.06. The van der Waals surface area contributed by atoms with Gasteiger partial charge in [-0.05, 0) is 30.4 Å². The van der Waals surface area contributed by atoms with Crippen LogP contribution in [-0.2, 0) is 0 Å². The molecular formula is C16H28IN3O2. The van der Waals surface area contributed by atoms with E-state index in [0.29, 0.717) is 22.9 Å². The van der Waals surface area contributed by atoms with E-state index in [2.05, 4.69) is 31.1 Å². The average Bonchev–Trinajstić information content (AvgIpc) is 2.42. The van der Waals surface area contributed by atoms with Crippen LogP contribution in [0.1, 0.15) is 33.6 Å². The maximum atomic E-state index is 5.88. The van der Waals surface area contributed by atoms with Gasteiger partial charge in [-0.2, -0.15) is 0 Å². The van der Waals surface area contributed by atoms with Crippen LogP contribution in [0.2, 0.25) is 0 Å². The Kier molecular flexibility index (Phi) is 9.24. The fraction of sp³-hybridized carbons (Fsp3) is 0.562. The summed E-state index contributed by atoms with van der Waals surface area (Å²) >= 11 is 0. The largest absolute Gasteiger partial charge is 0.493 e. The van der Waals surface area contributed by atoms with Gasteiger partial charge in [0.2, 0.25) is 0 Å². The topological polar surface area (TPSA) is 68.9 Å². The first-order valence-electron chi connectivity index (χ1n) is 7.14. The second-order valence-corrected chi connectivity index (χ2v) is 6.13. The third-order valence-corrected chi connectivity index (χ3v) is 3.02. The van der Waals surface area contributed by atoms with Crippen molar-refractivity contribution in [2.45, 2.75) is 33.6 Å². The van der Waals surface area contributed by atoms with Gasteiger partial charge in [-0.1, -0.05) is 20.8 Å². The van der Waals surface area contributed by atoms with Crippen molar-refractivity contribution >= 4 is 35.6 Å². The molecule has 0 aliphatic rings. The van der Waals surface area contributed by atoms with E-state index in [1.54, 1.807) is 14.2 Å². The summed E-state index contributed by atoms with van der Waals surface area (Å²) < 4.78 is 10.4. The molecule has 1 aromatic carbocycles. The Morgan fingerprint density at radius 3 is 2.36 bits per heavy atom. The Morgan fingerprint density at radius 1 is 1.18 bits per heavy atom. The third kappa shape index (κ3) is 7.72. The molecule has 0 saturated heterocycles. The van der Waals surface area contributed by atoms with E-state index in [9.17, 15) is 0 Å². The zero-order valence-corrected chi connectivity index (χ0v) is 16.4. The molecule has 1 aromatic rings. The molecule has 0 spiro atoms. The van der Waals surface area contributed by atoms with Crippen LogP contribution in [0.5, 0.6) is 11.5 Å². The van der Waals surface area contributed by atoms with Gasteiger partial charge in [-0.15, -0.1) is 24.0 Å². The Balaban J connectivity index is 0.00000441. The molecule has 5 nitrogen and oxygen atoms in total. The Bertz CT molecular complexity index is 485. The van der Waals surface area contributed by atoms with Crippen molar-refractivity contribution in [2.24, 2.45) is 16.1 Å². The van der Waals surface area contributed by atoms with Crippen LogP contribution in [0.3, 0.4) is 0 Å². The molecule has 0 amide bonds. The molecule has 0 aliphatic heterocycles. The molecule has 0 saturated carbocycles. The van der Waals surface area contributed by atoms with E-state index in [1.165, 1.54) is 0 Å². The smallest absolute Gasteiger partial charge is 0.193 e. The highest BCUT2D eigenvalue weighted by atomic mass is 127. The number of rotatable bonds is 6. The minimum Gasteiger partial charge on any atom is -0.493 e. The van der Waals surface area contributed by atoms with Gasteiger partial charge in [0, 0.05) is 18.3 Å². The SMILES string of the molecule is COc1ccc(NC(N)=NCCCC(C)(C)C)cc1OC.I. The van der Waals surface area contributed by atoms with E-state index >= 15 is 0 Å². The molecule has 0 aromatic heterocycles. The van der Waals surface area contributed by atoms with Crippen LogP contribution < -0.4 is 20.5 Å². The number of nitrogens with two attached hydrogens (primary N) is 1. The van der Waals surface area contributed by atoms with Crippen LogP contribution in [-0.4, -0.2) is 26.7 Å². The maximum Gasteiger partial charge on any atom is 0.193 e. The summed E-state index contributed by atoms with van der Waals surface area (Å²) in [7, 11) is 3.21. The van der Waals surface area contributed by atoms with Crippen LogP contribution in [0.25, 0.3) is 0 Å². The van der Waals surface area contributed by atoms with Crippen LogP contribution in [0.4, 0.5) is 5.69 Å². The predicted octanol–water partition coefficient (Wildman–Crippen LogP) is 3.87. The minimum atomic E-state index is 0. The third-order valence-electron chi connectivity index (χ3n) is 3.02. The van der Waals surface area contributed by atoms with Crippen molar-refractivity contribution in [2.75, 3.05) is 26.1 Å². The summed E-state index contributed by atoms with van der Waals surface area (Å²) in [4.78, 5) is 4.33. The van der Waals surface area contributed by atoms with Gasteiger partial charge >= 0.3 is 0 Å². The first-order valence-corrected chi connectivity index (χ1v) is 7.14. The summed E-state index contributed by atoms with van der Waals surface area (Å²) in [6.45, 7) is 7.40. The summed E-state index contributed by atoms with van der Waals surface area (Å²) in [6.07, 6.45) is 2.15. The standard InChI is InChI=1S/C16H27N3O2.HI/c1-16(2,3)9-6-10-18-15(17)19-12-7-8-13(20-4)14(11-12)21-5;/h7-8,11H,6,9-10H2,1-5H3,(H3,17,18,19);1H. The molecule has 0 heterocycles. The van der Waals surface area contributed by atoms with Crippen LogP contribution in [0.15, 0.2) is 23.2 Å². The van der Waals surface area contributed by atoms with Gasteiger partial charge in [0.1, 0.15) is 0 Å². The number of hydrogen-bond donors (Lipinski definition) is 2. The fourth-order valence-electron chi connectivity index (χ4n) is 1.91. The molecule has 0 aliphatic carbocycles. The predicted molar refractivity (Wildman–Crippen MR) is 104 cm³/mol. The monoisotopic (exact) mass is 421 g/mol. The molecule has 0 unspecified atom stereocenters. The number of nitrogens with zero attached hydrogens (tertiary/aromatic N) is 1. The van der Waals surface area contributed by atoms with Gasteiger partial charge < -0.3 is 20.5 Å². The lowest BCUT2D eigenvalue weighted by molar-refractivity contribution is 0.355. The number of aliphatic imine (C=N–C) groups is 1. The normalized spacial score (nSPS) is 11.6. The van der Waals surface area contributed by atoms with E-state index in [-0.39, 0.29) is 24.0 Å². The lowest BCUT2D eigenvalue weighted by atomic mass is 9.91. The van der Waals surface area contributed by atoms with Crippen molar-refractivity contribution in [3.8, 4) is 11.5 Å². The van der Waals surface area contributed by atoms with Gasteiger partial charge in [-0.3, -0.25) is 4.99 Å². The molecular weight excluding hydrogens is 393 g/mol. The number of nitrogens with one attached hydrogen (secondary N) is 1. The van der Waals surface area contributed by atoms with E-state index in [1.807, 2.05) is 18.2 Å². The molecule has 0 fully saturated rings. The van der Waals surface area contributed by atoms with Crippen molar-refractivity contribution in [1.82, 2.24) is 0 Å². The van der Waals surface area contributed by atoms with Crippen molar-refractivity contribution in [1.29, 1.82) is 0 Å². The van der Waals surface area contributed by atoms with Crippen molar-refractivity contribution in [3.63, 3.8) is 0 Å². The molecule has 0 radical (unpaired) electrons. The zero-order chi connectivity index (χ0) is 15.9. The Hall–Kier alpha value is -1.18. The number of methoxy groups -OCH3 is 2. The van der Waals surface area contributed by atoms with Crippen LogP contribution >= 0.6 is 24.0 Å². The Labute approximate surface area is 150 Å². The zero-order valence-electron chi connectivity index (χ0n) is 14.1. The Morgan fingerprint density at radius 2 is 1.82 bits per heavy atom. The molecule has 1 rings (SSSR count). The average molecular weight is 421 g/mol. The minimum absolute atomic E-state index is 0. The molecule has 126 valence electrons. The highest BCUT2D eigenvalue weighted by Crippen LogP contribution is 2.29. The van der Waals surface area contributed by atoms with Crippen molar-refractivity contribution < 1.29 is 9.47 Å². The second-order valence-electron chi connectivity index (χ2n) is 6.13. The highest BCUT2D eigenvalue weighted by molar-refractivity contribution is 14.0. The quantitative estimate of drug-likeness (QED) is 0.317. The highest BCUT2D eigenvalue weighted by Gasteiger charge is 2.09. The van der Waals surface area contributed by atoms with Gasteiger partial charge in [0.25, 0.3) is 0 Å². The van der Waals surface area contributed by atoms with E-state index in [0.717, 1.165) is 25.1 Å². The summed E-state index contributed by atoms with van der Waals surface area (Å²) in [5.74, 6) is 1.75. The number of anilines is 1. The fourth-order valence-corrected chi connectivity index (χ4v) is 1.91. The molecule has 0 atom stereocenters. The summed E-state index contributed by atoms with van der Waals surface area (Å²) in [5.41, 5.74) is 7.04. The molecule has 22 heavy (non-hydrogen) atoms. The summed E-state index contributed by atoms with van der Waals surface area (Å²) in [6, 6.07) is 5.53. The number of benzene rings is 1. The van der Waals surface area contributed by atoms with Gasteiger partial charge in [0.05, 0.1) is 14.2 Å². The van der Waals surface area contributed by atoms with E-state index in [4.69, 9.17) is 15.2 Å². The first-order chi connectivity index (χ1) is 9.85. The van der Waals surface area contributed by atoms with Gasteiger partial charge in [-0.25, -0.2) is 0 Å². The number of halogens is 1. The molecule has 3 N–H and O–H groups in total. The molecule has 0 bridgehead atoms. The van der Waals surface area contributed by atoms with Crippen molar-refractivity contribution in [3.05, 3.63) is 18.2 Å². The lowest BCUT2D eigenvalue weighted by Gasteiger charge is -2.16. The van der Waals surface area contributed by atoms with Gasteiger partial charge in [0.15, 0.2) is 17.5 Å². The molecule has 6 heteroatoms. The first kappa shape index (κ1) is 20.8. The second kappa shape index (κ2) is 9.76. The maximum absolute atomic E-state index is 5.88. The number of ether oxygens (including phenoxy) is 2. The van der Waals surface area contributed by atoms with E-state index < -0.39 is 0 Å². The van der Waals surface area contributed by atoms with Crippen LogP contribution in [0, 0.1) is 5.41 Å².